The molecule has 1 N–H and O–H groups in total. The first kappa shape index (κ1) is 16.8. The number of aromatic hydroxyl groups is 1. The molecule has 3 nitrogen and oxygen atoms in total. The Morgan fingerprint density at radius 3 is 2.28 bits per heavy atom. The molecule has 0 aliphatic heterocycles. The van der Waals surface area contributed by atoms with E-state index in [1.165, 1.54) is 0 Å². The number of phenols is 1. The van der Waals surface area contributed by atoms with Gasteiger partial charge in [-0.1, -0.05) is 48.5 Å². The Kier molecular flexibility index (Phi) is 4.85. The minimum atomic E-state index is 0.295. The van der Waals surface area contributed by atoms with Gasteiger partial charge in [0.2, 0.25) is 0 Å². The van der Waals surface area contributed by atoms with Crippen molar-refractivity contribution in [2.24, 2.45) is 4.99 Å². The SMILES string of the molecule is C/C=N\c1c(-c2ccccc2)cccc1N(C)c1cccc(O)c1C. The normalized spacial score (nSPS) is 11.0. The standard InChI is InChI=1S/C22H22N2O/c1-4-23-22-18(17-10-6-5-7-11-17)12-8-14-20(22)24(3)19-13-9-15-21(25)16(19)2/h4-15,25H,1-3H3/b23-4-. The van der Waals surface area contributed by atoms with Crippen LogP contribution in [0.5, 0.6) is 5.75 Å². The van der Waals surface area contributed by atoms with Crippen LogP contribution in [0.1, 0.15) is 12.5 Å². The summed E-state index contributed by atoms with van der Waals surface area (Å²) in [5.74, 6) is 0.295. The molecule has 0 atom stereocenters. The largest absolute Gasteiger partial charge is 0.508 e. The number of phenolic OH excluding ortho intramolecular Hbond substituents is 1. The molecule has 0 radical (unpaired) electrons. The molecule has 0 fully saturated rings. The molecule has 3 rings (SSSR count). The Hall–Kier alpha value is -3.07. The van der Waals surface area contributed by atoms with E-state index in [4.69, 9.17) is 0 Å². The van der Waals surface area contributed by atoms with Crippen LogP contribution in [0.2, 0.25) is 0 Å². The van der Waals surface area contributed by atoms with Crippen molar-refractivity contribution in [2.45, 2.75) is 13.8 Å². The first-order valence-corrected chi connectivity index (χ1v) is 8.33. The molecule has 0 amide bonds. The summed E-state index contributed by atoms with van der Waals surface area (Å²) in [5, 5.41) is 10.0. The zero-order valence-corrected chi connectivity index (χ0v) is 14.8. The van der Waals surface area contributed by atoms with E-state index in [0.29, 0.717) is 5.75 Å². The molecule has 3 heteroatoms. The molecular weight excluding hydrogens is 308 g/mol. The second kappa shape index (κ2) is 7.22. The Bertz CT molecular complexity index is 901. The summed E-state index contributed by atoms with van der Waals surface area (Å²) in [6.45, 7) is 3.84. The van der Waals surface area contributed by atoms with Gasteiger partial charge in [0, 0.05) is 30.1 Å². The smallest absolute Gasteiger partial charge is 0.120 e. The Balaban J connectivity index is 2.18. The minimum Gasteiger partial charge on any atom is -0.508 e. The highest BCUT2D eigenvalue weighted by atomic mass is 16.3. The number of hydrogen-bond acceptors (Lipinski definition) is 3. The zero-order valence-electron chi connectivity index (χ0n) is 14.8. The molecule has 25 heavy (non-hydrogen) atoms. The van der Waals surface area contributed by atoms with Crippen molar-refractivity contribution in [1.29, 1.82) is 0 Å². The number of rotatable bonds is 4. The van der Waals surface area contributed by atoms with Crippen LogP contribution >= 0.6 is 0 Å². The number of para-hydroxylation sites is 1. The van der Waals surface area contributed by atoms with Gasteiger partial charge in [-0.05, 0) is 37.6 Å². The van der Waals surface area contributed by atoms with E-state index in [1.54, 1.807) is 6.07 Å². The molecule has 3 aromatic rings. The van der Waals surface area contributed by atoms with Crippen molar-refractivity contribution < 1.29 is 5.11 Å². The highest BCUT2D eigenvalue weighted by Crippen LogP contribution is 2.42. The van der Waals surface area contributed by atoms with Crippen LogP contribution in [0.15, 0.2) is 71.7 Å². The molecule has 0 aliphatic rings. The van der Waals surface area contributed by atoms with Crippen molar-refractivity contribution in [3.63, 3.8) is 0 Å². The second-order valence-electron chi connectivity index (χ2n) is 5.91. The Labute approximate surface area is 148 Å². The molecule has 3 aromatic carbocycles. The molecular formula is C22H22N2O. The quantitative estimate of drug-likeness (QED) is 0.608. The number of nitrogens with zero attached hydrogens (tertiary/aromatic N) is 2. The average Bonchev–Trinajstić information content (AvgIpc) is 2.64. The topological polar surface area (TPSA) is 35.8 Å². The molecule has 0 aliphatic carbocycles. The highest BCUT2D eigenvalue weighted by molar-refractivity contribution is 5.90. The van der Waals surface area contributed by atoms with Gasteiger partial charge in [-0.3, -0.25) is 4.99 Å². The average molecular weight is 330 g/mol. The van der Waals surface area contributed by atoms with E-state index in [-0.39, 0.29) is 0 Å². The van der Waals surface area contributed by atoms with Gasteiger partial charge < -0.3 is 10.0 Å². The second-order valence-corrected chi connectivity index (χ2v) is 5.91. The van der Waals surface area contributed by atoms with Gasteiger partial charge in [-0.25, -0.2) is 0 Å². The van der Waals surface area contributed by atoms with Crippen LogP contribution in [-0.4, -0.2) is 18.4 Å². The maximum atomic E-state index is 10.0. The molecule has 126 valence electrons. The maximum absolute atomic E-state index is 10.0. The number of benzene rings is 3. The molecule has 0 bridgehead atoms. The highest BCUT2D eigenvalue weighted by Gasteiger charge is 2.16. The minimum absolute atomic E-state index is 0.295. The summed E-state index contributed by atoms with van der Waals surface area (Å²) in [4.78, 5) is 6.73. The van der Waals surface area contributed by atoms with E-state index >= 15 is 0 Å². The lowest BCUT2D eigenvalue weighted by molar-refractivity contribution is 0.471. The van der Waals surface area contributed by atoms with E-state index in [0.717, 1.165) is 33.8 Å². The summed E-state index contributed by atoms with van der Waals surface area (Å²) in [7, 11) is 2.00. The van der Waals surface area contributed by atoms with Crippen LogP contribution in [0.3, 0.4) is 0 Å². The van der Waals surface area contributed by atoms with Crippen LogP contribution in [0, 0.1) is 6.92 Å². The first-order chi connectivity index (χ1) is 12.1. The monoisotopic (exact) mass is 330 g/mol. The molecule has 0 unspecified atom stereocenters. The fourth-order valence-corrected chi connectivity index (χ4v) is 3.02. The predicted octanol–water partition coefficient (Wildman–Crippen LogP) is 5.86. The lowest BCUT2D eigenvalue weighted by Crippen LogP contribution is -2.11. The molecule has 0 spiro atoms. The number of hydrogen-bond donors (Lipinski definition) is 1. The van der Waals surface area contributed by atoms with Gasteiger partial charge >= 0.3 is 0 Å². The summed E-state index contributed by atoms with van der Waals surface area (Å²) in [6, 6.07) is 22.0. The van der Waals surface area contributed by atoms with Crippen LogP contribution in [0.25, 0.3) is 11.1 Å². The first-order valence-electron chi connectivity index (χ1n) is 8.33. The Morgan fingerprint density at radius 2 is 1.56 bits per heavy atom. The molecule has 0 saturated heterocycles. The van der Waals surface area contributed by atoms with Crippen LogP contribution < -0.4 is 4.90 Å². The zero-order chi connectivity index (χ0) is 17.8. The van der Waals surface area contributed by atoms with Gasteiger partial charge in [-0.2, -0.15) is 0 Å². The van der Waals surface area contributed by atoms with E-state index in [9.17, 15) is 5.11 Å². The maximum Gasteiger partial charge on any atom is 0.120 e. The summed E-state index contributed by atoms with van der Waals surface area (Å²) >= 11 is 0. The van der Waals surface area contributed by atoms with Gasteiger partial charge in [0.1, 0.15) is 5.75 Å². The van der Waals surface area contributed by atoms with Crippen molar-refractivity contribution in [2.75, 3.05) is 11.9 Å². The fraction of sp³-hybridized carbons (Fsp3) is 0.136. The van der Waals surface area contributed by atoms with Gasteiger partial charge in [0.15, 0.2) is 0 Å². The fourth-order valence-electron chi connectivity index (χ4n) is 3.02. The third-order valence-corrected chi connectivity index (χ3v) is 4.36. The van der Waals surface area contributed by atoms with E-state index in [1.807, 2.05) is 63.5 Å². The number of anilines is 2. The lowest BCUT2D eigenvalue weighted by Gasteiger charge is -2.24. The predicted molar refractivity (Wildman–Crippen MR) is 107 cm³/mol. The summed E-state index contributed by atoms with van der Waals surface area (Å²) in [5.41, 5.74) is 5.93. The lowest BCUT2D eigenvalue weighted by atomic mass is 10.0. The molecule has 0 aromatic heterocycles. The van der Waals surface area contributed by atoms with Gasteiger partial charge in [0.05, 0.1) is 11.4 Å². The Morgan fingerprint density at radius 1 is 0.880 bits per heavy atom. The molecule has 0 heterocycles. The summed E-state index contributed by atoms with van der Waals surface area (Å²) in [6.07, 6.45) is 1.81. The van der Waals surface area contributed by atoms with Gasteiger partial charge in [-0.15, -0.1) is 0 Å². The van der Waals surface area contributed by atoms with Crippen molar-refractivity contribution in [3.8, 4) is 16.9 Å². The van der Waals surface area contributed by atoms with Crippen LogP contribution in [-0.2, 0) is 0 Å². The van der Waals surface area contributed by atoms with Gasteiger partial charge in [0.25, 0.3) is 0 Å². The number of aliphatic imine (C=N–C) groups is 1. The van der Waals surface area contributed by atoms with Crippen molar-refractivity contribution in [3.05, 3.63) is 72.3 Å². The third-order valence-electron chi connectivity index (χ3n) is 4.36. The van der Waals surface area contributed by atoms with Crippen molar-refractivity contribution in [1.82, 2.24) is 0 Å². The van der Waals surface area contributed by atoms with E-state index in [2.05, 4.69) is 34.2 Å². The summed E-state index contributed by atoms with van der Waals surface area (Å²) < 4.78 is 0. The third kappa shape index (κ3) is 3.26. The van der Waals surface area contributed by atoms with Crippen molar-refractivity contribution >= 4 is 23.3 Å². The molecule has 0 saturated carbocycles. The van der Waals surface area contributed by atoms with E-state index < -0.39 is 0 Å². The van der Waals surface area contributed by atoms with Crippen LogP contribution in [0.4, 0.5) is 17.1 Å².